The molecule has 1 aliphatic rings. The Bertz CT molecular complexity index is 504. The molecule has 8 nitrogen and oxygen atoms in total. The fourth-order valence-electron chi connectivity index (χ4n) is 1.38. The van der Waals surface area contributed by atoms with E-state index in [1.54, 1.807) is 0 Å². The molecule has 1 saturated heterocycles. The Morgan fingerprint density at radius 2 is 2.53 bits per heavy atom. The molecule has 2 unspecified atom stereocenters. The predicted octanol–water partition coefficient (Wildman–Crippen LogP) is -1.01. The van der Waals surface area contributed by atoms with Crippen molar-refractivity contribution in [2.75, 3.05) is 13.0 Å². The van der Waals surface area contributed by atoms with Gasteiger partial charge >= 0.3 is 7.60 Å². The van der Waals surface area contributed by atoms with Gasteiger partial charge in [-0.3, -0.25) is 9.97 Å². The minimum atomic E-state index is -3.60. The Balaban J connectivity index is 2.02. The fraction of sp³-hybridized carbons (Fsp3) is 0.500. The minimum absolute atomic E-state index is 0.0527. The number of ether oxygens (including phenoxy) is 1. The number of nitrogens with zero attached hydrogens (tertiary/aromatic N) is 2. The number of aromatic nitrogens is 2. The van der Waals surface area contributed by atoms with Crippen LogP contribution in [0.3, 0.4) is 0 Å². The molecule has 94 valence electrons. The second-order valence-corrected chi connectivity index (χ2v) is 5.39. The van der Waals surface area contributed by atoms with Gasteiger partial charge < -0.3 is 23.8 Å². The van der Waals surface area contributed by atoms with Crippen molar-refractivity contribution in [3.05, 3.63) is 17.8 Å². The normalized spacial score (nSPS) is 29.1. The fourth-order valence-corrected chi connectivity index (χ4v) is 2.25. The van der Waals surface area contributed by atoms with Crippen LogP contribution in [0.4, 0.5) is 0 Å². The lowest BCUT2D eigenvalue weighted by Gasteiger charge is -2.28. The number of nitrogens with one attached hydrogen (secondary N) is 1. The van der Waals surface area contributed by atoms with Crippen LogP contribution in [-0.4, -0.2) is 33.5 Å². The molecule has 1 aliphatic heterocycles. The zero-order chi connectivity index (χ0) is 12.5. The van der Waals surface area contributed by atoms with E-state index in [0.29, 0.717) is 0 Å². The van der Waals surface area contributed by atoms with Crippen LogP contribution in [0.1, 0.15) is 0 Å². The summed E-state index contributed by atoms with van der Waals surface area (Å²) in [6, 6.07) is 0.820. The van der Waals surface area contributed by atoms with Gasteiger partial charge in [0.05, 0.1) is 19.2 Å². The maximum Gasteiger partial charge on any atom is 0.353 e. The molecule has 0 bridgehead atoms. The van der Waals surface area contributed by atoms with E-state index in [-0.39, 0.29) is 25.0 Å². The van der Waals surface area contributed by atoms with Gasteiger partial charge in [0.2, 0.25) is 0 Å². The molecule has 1 aromatic rings. The first-order valence-electron chi connectivity index (χ1n) is 4.83. The van der Waals surface area contributed by atoms with Crippen molar-refractivity contribution >= 4 is 7.60 Å². The molecule has 17 heavy (non-hydrogen) atoms. The zero-order valence-electron chi connectivity index (χ0n) is 8.78. The van der Waals surface area contributed by atoms with Crippen molar-refractivity contribution in [2.45, 2.75) is 12.6 Å². The highest BCUT2D eigenvalue weighted by atomic mass is 31.2. The van der Waals surface area contributed by atoms with E-state index in [1.807, 2.05) is 0 Å². The predicted molar refractivity (Wildman–Crippen MR) is 53.0 cm³/mol. The second-order valence-electron chi connectivity index (χ2n) is 3.60. The van der Waals surface area contributed by atoms with Gasteiger partial charge in [-0.25, -0.2) is 4.98 Å². The molecule has 2 heterocycles. The third kappa shape index (κ3) is 3.13. The topological polar surface area (TPSA) is 120 Å². The molecule has 9 heteroatoms. The first-order chi connectivity index (χ1) is 7.96. The molecular formula is C8H11N3O5P-. The van der Waals surface area contributed by atoms with Crippen LogP contribution in [0.25, 0.3) is 0 Å². The first-order valence-corrected chi connectivity index (χ1v) is 6.60. The highest BCUT2D eigenvalue weighted by molar-refractivity contribution is 7.52. The van der Waals surface area contributed by atoms with Crippen molar-refractivity contribution in [2.24, 2.45) is 0 Å². The molecule has 0 aromatic carbocycles. The second kappa shape index (κ2) is 4.58. The molecular weight excluding hydrogens is 249 g/mol. The van der Waals surface area contributed by atoms with Gasteiger partial charge in [-0.15, -0.1) is 0 Å². The van der Waals surface area contributed by atoms with Crippen LogP contribution in [0.5, 0.6) is 6.01 Å². The van der Waals surface area contributed by atoms with E-state index >= 15 is 0 Å². The van der Waals surface area contributed by atoms with Crippen LogP contribution < -0.4 is 10.6 Å². The molecule has 1 aromatic heterocycles. The standard InChI is InChI=1S/C8H12N3O5P/c9-7-1-2-11(8(12)10-7)3-6-4-16-17(13,14)5-15-6/h1-2,6H,3-5H2,(H,13,14)(H2,9,10,12)/p-1. The highest BCUT2D eigenvalue weighted by Crippen LogP contribution is 2.45. The Morgan fingerprint density at radius 1 is 1.76 bits per heavy atom. The Labute approximate surface area is 96.5 Å². The van der Waals surface area contributed by atoms with Crippen LogP contribution in [0.15, 0.2) is 12.3 Å². The van der Waals surface area contributed by atoms with Gasteiger partial charge in [0.1, 0.15) is 17.9 Å². The molecule has 0 radical (unpaired) electrons. The third-order valence-electron chi connectivity index (χ3n) is 2.21. The van der Waals surface area contributed by atoms with Crippen LogP contribution in [0, 0.1) is 5.41 Å². The summed E-state index contributed by atoms with van der Waals surface area (Å²) < 4.78 is 22.1. The van der Waals surface area contributed by atoms with E-state index in [9.17, 15) is 9.67 Å². The van der Waals surface area contributed by atoms with E-state index in [1.165, 1.54) is 16.8 Å². The summed E-state index contributed by atoms with van der Waals surface area (Å²) in [7, 11) is -3.60. The Morgan fingerprint density at radius 3 is 3.12 bits per heavy atom. The summed E-state index contributed by atoms with van der Waals surface area (Å²) in [6.45, 7) is 0.120. The average molecular weight is 260 g/mol. The minimum Gasteiger partial charge on any atom is -0.846 e. The van der Waals surface area contributed by atoms with Gasteiger partial charge in [-0.1, -0.05) is 0 Å². The molecule has 0 saturated carbocycles. The zero-order valence-corrected chi connectivity index (χ0v) is 9.67. The Hall–Kier alpha value is -1.21. The number of rotatable bonds is 2. The molecule has 2 rings (SSSR count). The van der Waals surface area contributed by atoms with Gasteiger partial charge in [0.15, 0.2) is 0 Å². The van der Waals surface area contributed by atoms with E-state index in [0.717, 1.165) is 0 Å². The molecule has 0 amide bonds. The lowest BCUT2D eigenvalue weighted by Crippen LogP contribution is -2.31. The SMILES string of the molecule is N=c1ccn(CC2COP(=O)(O)CO2)c([O-])n1. The Kier molecular flexibility index (Phi) is 3.30. The van der Waals surface area contributed by atoms with Crippen molar-refractivity contribution in [3.63, 3.8) is 0 Å². The monoisotopic (exact) mass is 260 g/mol. The summed E-state index contributed by atoms with van der Waals surface area (Å²) in [5.41, 5.74) is -0.105. The first kappa shape index (κ1) is 12.3. The van der Waals surface area contributed by atoms with Crippen LogP contribution >= 0.6 is 7.60 Å². The molecule has 0 aliphatic carbocycles. The quantitative estimate of drug-likeness (QED) is 0.657. The average Bonchev–Trinajstić information content (AvgIpc) is 2.25. The molecule has 0 spiro atoms. The van der Waals surface area contributed by atoms with E-state index in [4.69, 9.17) is 19.6 Å². The summed E-state index contributed by atoms with van der Waals surface area (Å²) in [5, 5.41) is 18.5. The summed E-state index contributed by atoms with van der Waals surface area (Å²) in [6.07, 6.45) is 0.574. The summed E-state index contributed by atoms with van der Waals surface area (Å²) in [4.78, 5) is 12.5. The van der Waals surface area contributed by atoms with Crippen LogP contribution in [0.2, 0.25) is 0 Å². The van der Waals surface area contributed by atoms with E-state index in [2.05, 4.69) is 4.98 Å². The largest absolute Gasteiger partial charge is 0.846 e. The highest BCUT2D eigenvalue weighted by Gasteiger charge is 2.29. The molecule has 1 fully saturated rings. The van der Waals surface area contributed by atoms with Crippen LogP contribution in [-0.2, 0) is 20.4 Å². The maximum atomic E-state index is 11.4. The maximum absolute atomic E-state index is 11.4. The summed E-state index contributed by atoms with van der Waals surface area (Å²) >= 11 is 0. The molecule has 2 N–H and O–H groups in total. The smallest absolute Gasteiger partial charge is 0.353 e. The van der Waals surface area contributed by atoms with Gasteiger partial charge in [0, 0.05) is 6.20 Å². The van der Waals surface area contributed by atoms with Gasteiger partial charge in [-0.05, 0) is 6.07 Å². The molecule has 2 atom stereocenters. The van der Waals surface area contributed by atoms with E-state index < -0.39 is 19.7 Å². The van der Waals surface area contributed by atoms with Crippen molar-refractivity contribution < 1.29 is 23.8 Å². The van der Waals surface area contributed by atoms with Gasteiger partial charge in [0.25, 0.3) is 0 Å². The summed E-state index contributed by atoms with van der Waals surface area (Å²) in [5.74, 6) is 0. The van der Waals surface area contributed by atoms with Crippen molar-refractivity contribution in [1.29, 1.82) is 5.41 Å². The number of hydrogen-bond acceptors (Lipinski definition) is 6. The third-order valence-corrected chi connectivity index (χ3v) is 3.24. The van der Waals surface area contributed by atoms with Gasteiger partial charge in [-0.2, -0.15) is 0 Å². The lowest BCUT2D eigenvalue weighted by molar-refractivity contribution is -0.287. The lowest BCUT2D eigenvalue weighted by atomic mass is 10.3. The van der Waals surface area contributed by atoms with Crippen molar-refractivity contribution in [3.8, 4) is 6.01 Å². The number of hydrogen-bond donors (Lipinski definition) is 2. The van der Waals surface area contributed by atoms with Crippen molar-refractivity contribution in [1.82, 2.24) is 9.55 Å².